The van der Waals surface area contributed by atoms with Gasteiger partial charge in [0.2, 0.25) is 0 Å². The van der Waals surface area contributed by atoms with Crippen molar-refractivity contribution in [3.63, 3.8) is 0 Å². The topological polar surface area (TPSA) is 0 Å². The van der Waals surface area contributed by atoms with Crippen molar-refractivity contribution in [2.75, 3.05) is 0 Å². The fourth-order valence-electron chi connectivity index (χ4n) is 2.24. The van der Waals surface area contributed by atoms with E-state index in [0.717, 1.165) is 0 Å². The van der Waals surface area contributed by atoms with E-state index in [9.17, 15) is 0 Å². The molecule has 0 N–H and O–H groups in total. The van der Waals surface area contributed by atoms with E-state index in [0.29, 0.717) is 0 Å². The van der Waals surface area contributed by atoms with Crippen molar-refractivity contribution in [1.82, 2.24) is 0 Å². The third kappa shape index (κ3) is 2.38. The fraction of sp³-hybridized carbons (Fsp3) is 0.222. The summed E-state index contributed by atoms with van der Waals surface area (Å²) in [5.74, 6) is 0. The van der Waals surface area contributed by atoms with E-state index in [1.165, 1.54) is 33.5 Å². The van der Waals surface area contributed by atoms with Crippen LogP contribution in [0.2, 0.25) is 0 Å². The summed E-state index contributed by atoms with van der Waals surface area (Å²) in [7, 11) is 0. The molecular weight excluding hydrogens is 216 g/mol. The molecule has 0 fully saturated rings. The first-order chi connectivity index (χ1) is 8.77. The third-order valence-corrected chi connectivity index (χ3v) is 2.97. The SMILES string of the molecule is CCC.Cc1cc2ccccc2c2ccccc12. The average Bonchev–Trinajstić information content (AvgIpc) is 2.40. The predicted molar refractivity (Wildman–Crippen MR) is 82.2 cm³/mol. The molecule has 0 aliphatic carbocycles. The molecule has 0 atom stereocenters. The molecule has 0 heterocycles. The summed E-state index contributed by atoms with van der Waals surface area (Å²) in [5.41, 5.74) is 1.35. The molecule has 18 heavy (non-hydrogen) atoms. The van der Waals surface area contributed by atoms with Gasteiger partial charge in [0, 0.05) is 0 Å². The normalized spacial score (nSPS) is 10.2. The lowest BCUT2D eigenvalue weighted by molar-refractivity contribution is 1.09. The Kier molecular flexibility index (Phi) is 3.99. The molecule has 0 unspecified atom stereocenters. The van der Waals surface area contributed by atoms with Gasteiger partial charge in [-0.3, -0.25) is 0 Å². The molecule has 0 spiro atoms. The summed E-state index contributed by atoms with van der Waals surface area (Å²) in [6, 6.07) is 19.4. The van der Waals surface area contributed by atoms with Gasteiger partial charge in [-0.1, -0.05) is 74.9 Å². The molecule has 0 aliphatic rings. The maximum Gasteiger partial charge on any atom is -0.0103 e. The monoisotopic (exact) mass is 236 g/mol. The molecule has 0 bridgehead atoms. The summed E-state index contributed by atoms with van der Waals surface area (Å²) in [6.45, 7) is 6.43. The number of fused-ring (bicyclic) bond motifs is 3. The zero-order valence-corrected chi connectivity index (χ0v) is 11.4. The summed E-state index contributed by atoms with van der Waals surface area (Å²) in [4.78, 5) is 0. The van der Waals surface area contributed by atoms with Gasteiger partial charge in [0.25, 0.3) is 0 Å². The lowest BCUT2D eigenvalue weighted by atomic mass is 9.98. The van der Waals surface area contributed by atoms with E-state index in [1.807, 2.05) is 0 Å². The van der Waals surface area contributed by atoms with Crippen molar-refractivity contribution < 1.29 is 0 Å². The number of hydrogen-bond donors (Lipinski definition) is 0. The summed E-state index contributed by atoms with van der Waals surface area (Å²) in [5, 5.41) is 5.39. The van der Waals surface area contributed by atoms with Crippen LogP contribution in [0.25, 0.3) is 21.5 Å². The van der Waals surface area contributed by atoms with E-state index in [4.69, 9.17) is 0 Å². The molecule has 3 rings (SSSR count). The van der Waals surface area contributed by atoms with Gasteiger partial charge in [-0.05, 0) is 34.0 Å². The molecule has 0 aliphatic heterocycles. The Balaban J connectivity index is 0.000000367. The Morgan fingerprint density at radius 2 is 1.22 bits per heavy atom. The molecule has 0 saturated carbocycles. The van der Waals surface area contributed by atoms with Gasteiger partial charge in [-0.25, -0.2) is 0 Å². The standard InChI is InChI=1S/C15H12.C3H8/c1-11-10-12-6-2-3-8-14(12)15-9-5-4-7-13(11)15;1-3-2/h2-10H,1H3;3H2,1-2H3. The van der Waals surface area contributed by atoms with E-state index < -0.39 is 0 Å². The molecular formula is C18H20. The zero-order valence-electron chi connectivity index (χ0n) is 11.4. The van der Waals surface area contributed by atoms with Crippen LogP contribution in [-0.2, 0) is 0 Å². The minimum absolute atomic E-state index is 1.25. The van der Waals surface area contributed by atoms with E-state index in [-0.39, 0.29) is 0 Å². The van der Waals surface area contributed by atoms with E-state index in [1.54, 1.807) is 0 Å². The lowest BCUT2D eigenvalue weighted by Gasteiger charge is -2.06. The minimum atomic E-state index is 1.25. The Morgan fingerprint density at radius 1 is 0.722 bits per heavy atom. The van der Waals surface area contributed by atoms with Crippen LogP contribution >= 0.6 is 0 Å². The third-order valence-electron chi connectivity index (χ3n) is 2.97. The largest absolute Gasteiger partial charge is 0.0656 e. The van der Waals surface area contributed by atoms with Crippen LogP contribution in [0.3, 0.4) is 0 Å². The molecule has 0 radical (unpaired) electrons. The molecule has 0 nitrogen and oxygen atoms in total. The van der Waals surface area contributed by atoms with Crippen molar-refractivity contribution in [3.05, 3.63) is 60.2 Å². The average molecular weight is 236 g/mol. The zero-order chi connectivity index (χ0) is 13.0. The highest BCUT2D eigenvalue weighted by Gasteiger charge is 2.01. The molecule has 0 aromatic heterocycles. The number of hydrogen-bond acceptors (Lipinski definition) is 0. The Labute approximate surface area is 109 Å². The van der Waals surface area contributed by atoms with Crippen LogP contribution in [-0.4, -0.2) is 0 Å². The number of rotatable bonds is 0. The quantitative estimate of drug-likeness (QED) is 0.438. The van der Waals surface area contributed by atoms with Gasteiger partial charge < -0.3 is 0 Å². The van der Waals surface area contributed by atoms with E-state index >= 15 is 0 Å². The van der Waals surface area contributed by atoms with Crippen molar-refractivity contribution in [2.24, 2.45) is 0 Å². The Bertz CT molecular complexity index is 650. The lowest BCUT2D eigenvalue weighted by Crippen LogP contribution is -1.81. The number of benzene rings is 3. The van der Waals surface area contributed by atoms with E-state index in [2.05, 4.69) is 75.4 Å². The highest BCUT2D eigenvalue weighted by Crippen LogP contribution is 2.27. The molecule has 3 aromatic carbocycles. The van der Waals surface area contributed by atoms with Gasteiger partial charge in [-0.15, -0.1) is 0 Å². The molecule has 0 heteroatoms. The minimum Gasteiger partial charge on any atom is -0.0656 e. The van der Waals surface area contributed by atoms with Crippen LogP contribution in [0.1, 0.15) is 25.8 Å². The van der Waals surface area contributed by atoms with Gasteiger partial charge in [0.15, 0.2) is 0 Å². The molecule has 0 saturated heterocycles. The van der Waals surface area contributed by atoms with Gasteiger partial charge >= 0.3 is 0 Å². The maximum absolute atomic E-state index is 2.26. The van der Waals surface area contributed by atoms with Crippen molar-refractivity contribution in [1.29, 1.82) is 0 Å². The molecule has 92 valence electrons. The highest BCUT2D eigenvalue weighted by atomic mass is 14.1. The second kappa shape index (κ2) is 5.68. The predicted octanol–water partition coefficient (Wildman–Crippen LogP) is 5.72. The molecule has 3 aromatic rings. The van der Waals surface area contributed by atoms with Crippen LogP contribution in [0.5, 0.6) is 0 Å². The van der Waals surface area contributed by atoms with Crippen molar-refractivity contribution in [2.45, 2.75) is 27.2 Å². The van der Waals surface area contributed by atoms with Gasteiger partial charge in [0.05, 0.1) is 0 Å². The van der Waals surface area contributed by atoms with Crippen LogP contribution in [0.4, 0.5) is 0 Å². The summed E-state index contributed by atoms with van der Waals surface area (Å²) >= 11 is 0. The van der Waals surface area contributed by atoms with Gasteiger partial charge in [0.1, 0.15) is 0 Å². The number of aryl methyl sites for hydroxylation is 1. The van der Waals surface area contributed by atoms with Crippen LogP contribution in [0, 0.1) is 6.92 Å². The van der Waals surface area contributed by atoms with Crippen LogP contribution in [0.15, 0.2) is 54.6 Å². The molecule has 0 amide bonds. The Morgan fingerprint density at radius 3 is 1.89 bits per heavy atom. The summed E-state index contributed by atoms with van der Waals surface area (Å²) in [6.07, 6.45) is 1.25. The summed E-state index contributed by atoms with van der Waals surface area (Å²) < 4.78 is 0. The second-order valence-corrected chi connectivity index (χ2v) is 4.67. The fourth-order valence-corrected chi connectivity index (χ4v) is 2.24. The van der Waals surface area contributed by atoms with Crippen molar-refractivity contribution >= 4 is 21.5 Å². The highest BCUT2D eigenvalue weighted by molar-refractivity contribution is 6.08. The first kappa shape index (κ1) is 12.6. The maximum atomic E-state index is 2.26. The first-order valence-corrected chi connectivity index (χ1v) is 6.65. The van der Waals surface area contributed by atoms with Gasteiger partial charge in [-0.2, -0.15) is 0 Å². The second-order valence-electron chi connectivity index (χ2n) is 4.67. The first-order valence-electron chi connectivity index (χ1n) is 6.65. The van der Waals surface area contributed by atoms with Crippen LogP contribution < -0.4 is 0 Å². The Hall–Kier alpha value is -1.82. The smallest absolute Gasteiger partial charge is 0.0103 e. The van der Waals surface area contributed by atoms with Crippen molar-refractivity contribution in [3.8, 4) is 0 Å².